The minimum atomic E-state index is -0.596. The molecule has 9 heteroatoms. The summed E-state index contributed by atoms with van der Waals surface area (Å²) in [6, 6.07) is 5.48. The quantitative estimate of drug-likeness (QED) is 0.746. The summed E-state index contributed by atoms with van der Waals surface area (Å²) >= 11 is 9.82. The second-order valence-electron chi connectivity index (χ2n) is 6.45. The van der Waals surface area contributed by atoms with Crippen LogP contribution in [0.5, 0.6) is 0 Å². The molecule has 1 spiro atoms. The summed E-state index contributed by atoms with van der Waals surface area (Å²) in [7, 11) is 0. The molecule has 1 aliphatic heterocycles. The molecule has 0 saturated heterocycles. The predicted molar refractivity (Wildman–Crippen MR) is 96.6 cm³/mol. The largest absolute Gasteiger partial charge is 0.328 e. The van der Waals surface area contributed by atoms with Crippen LogP contribution in [-0.2, 0) is 10.2 Å². The van der Waals surface area contributed by atoms with Crippen LogP contribution in [0, 0.1) is 5.82 Å². The van der Waals surface area contributed by atoms with Crippen molar-refractivity contribution in [2.24, 2.45) is 0 Å². The van der Waals surface area contributed by atoms with Crippen LogP contribution in [0.15, 0.2) is 35.1 Å². The molecule has 1 aliphatic carbocycles. The second-order valence-corrected chi connectivity index (χ2v) is 7.89. The number of carbonyl (C=O) groups is 2. The van der Waals surface area contributed by atoms with E-state index in [0.717, 1.165) is 28.9 Å². The molecular weight excluding hydrogens is 427 g/mol. The fraction of sp³-hybridized carbons (Fsp3) is 0.294. The lowest BCUT2D eigenvalue weighted by atomic mass is 9.86. The number of aromatic nitrogens is 2. The van der Waals surface area contributed by atoms with E-state index in [1.54, 1.807) is 12.1 Å². The topological polar surface area (TPSA) is 75.2 Å². The number of hydrogen-bond acceptors (Lipinski definition) is 4. The van der Waals surface area contributed by atoms with Crippen LogP contribution in [-0.4, -0.2) is 45.1 Å². The molecule has 2 aliphatic rings. The molecular formula is C17H13BrClFN4O2. The summed E-state index contributed by atoms with van der Waals surface area (Å²) in [4.78, 5) is 33.9. The summed E-state index contributed by atoms with van der Waals surface area (Å²) in [6.07, 6.45) is 2.67. The van der Waals surface area contributed by atoms with E-state index in [-0.39, 0.29) is 29.2 Å². The second kappa shape index (κ2) is 6.28. The maximum atomic E-state index is 12.8. The summed E-state index contributed by atoms with van der Waals surface area (Å²) in [5, 5.41) is 2.39. The fourth-order valence-corrected chi connectivity index (χ4v) is 4.15. The van der Waals surface area contributed by atoms with Crippen LogP contribution in [0.25, 0.3) is 0 Å². The molecule has 2 heterocycles. The first-order chi connectivity index (χ1) is 12.4. The Bertz CT molecular complexity index is 910. The molecule has 2 aromatic rings. The number of anilines is 1. The molecule has 4 rings (SSSR count). The third-order valence-electron chi connectivity index (χ3n) is 4.70. The van der Waals surface area contributed by atoms with Crippen molar-refractivity contribution in [3.8, 4) is 0 Å². The summed E-state index contributed by atoms with van der Waals surface area (Å²) in [5.41, 5.74) is 1.17. The predicted octanol–water partition coefficient (Wildman–Crippen LogP) is 2.72. The third kappa shape index (κ3) is 2.97. The van der Waals surface area contributed by atoms with Crippen LogP contribution in [0.1, 0.15) is 22.3 Å². The molecule has 0 unspecified atom stereocenters. The Morgan fingerprint density at radius 3 is 2.77 bits per heavy atom. The van der Waals surface area contributed by atoms with Crippen LogP contribution in [0.2, 0.25) is 0 Å². The first-order valence-corrected chi connectivity index (χ1v) is 9.13. The van der Waals surface area contributed by atoms with Crippen molar-refractivity contribution >= 4 is 45.3 Å². The zero-order valence-electron chi connectivity index (χ0n) is 13.4. The molecule has 1 N–H and O–H groups in total. The van der Waals surface area contributed by atoms with Gasteiger partial charge in [0.25, 0.3) is 5.91 Å². The van der Waals surface area contributed by atoms with E-state index in [9.17, 15) is 14.0 Å². The van der Waals surface area contributed by atoms with Crippen molar-refractivity contribution in [2.75, 3.05) is 18.4 Å². The number of alkyl halides is 1. The summed E-state index contributed by atoms with van der Waals surface area (Å²) in [5.74, 6) is -1.28. The highest BCUT2D eigenvalue weighted by atomic mass is 79.9. The van der Waals surface area contributed by atoms with Gasteiger partial charge in [0.15, 0.2) is 5.82 Å². The highest BCUT2D eigenvalue weighted by Crippen LogP contribution is 2.56. The molecule has 1 saturated carbocycles. The van der Waals surface area contributed by atoms with Gasteiger partial charge in [-0.05, 0) is 30.2 Å². The van der Waals surface area contributed by atoms with E-state index >= 15 is 0 Å². The lowest BCUT2D eigenvalue weighted by Gasteiger charge is -2.34. The molecule has 26 heavy (non-hydrogen) atoms. The lowest BCUT2D eigenvalue weighted by molar-refractivity contribution is -0.117. The van der Waals surface area contributed by atoms with Crippen molar-refractivity contribution in [2.45, 2.75) is 17.2 Å². The molecule has 0 radical (unpaired) electrons. The Labute approximate surface area is 161 Å². The highest BCUT2D eigenvalue weighted by Gasteiger charge is 2.59. The van der Waals surface area contributed by atoms with E-state index in [1.165, 1.54) is 4.90 Å². The SMILES string of the molecule is O=C(CN1C[C@@]2(C[C@@H]2Cl)c2cc(Br)ccc2C1=O)Nc1ncc(F)cn1. The van der Waals surface area contributed by atoms with Gasteiger partial charge >= 0.3 is 0 Å². The van der Waals surface area contributed by atoms with Crippen LogP contribution < -0.4 is 5.32 Å². The monoisotopic (exact) mass is 438 g/mol. The van der Waals surface area contributed by atoms with Crippen molar-refractivity contribution in [1.29, 1.82) is 0 Å². The van der Waals surface area contributed by atoms with Gasteiger partial charge in [0, 0.05) is 27.4 Å². The molecule has 2 atom stereocenters. The van der Waals surface area contributed by atoms with Gasteiger partial charge in [0.1, 0.15) is 6.54 Å². The summed E-state index contributed by atoms with van der Waals surface area (Å²) in [6.45, 7) is 0.224. The van der Waals surface area contributed by atoms with Gasteiger partial charge in [-0.2, -0.15) is 0 Å². The number of benzene rings is 1. The first kappa shape index (κ1) is 17.4. The first-order valence-electron chi connectivity index (χ1n) is 7.90. The minimum absolute atomic E-state index is 0.0125. The molecule has 2 amide bonds. The highest BCUT2D eigenvalue weighted by molar-refractivity contribution is 9.10. The standard InChI is InChI=1S/C17H13BrClFN4O2/c18-9-1-2-11-12(3-9)17(4-13(17)19)8-24(15(11)26)7-14(25)23-16-21-5-10(20)6-22-16/h1-3,5-6,13H,4,7-8H2,(H,21,22,23,25)/t13-,17-/m0/s1. The van der Waals surface area contributed by atoms with Crippen LogP contribution in [0.4, 0.5) is 10.3 Å². The molecule has 134 valence electrons. The number of amides is 2. The molecule has 0 bridgehead atoms. The number of rotatable bonds is 3. The van der Waals surface area contributed by atoms with Crippen molar-refractivity contribution in [3.05, 3.63) is 52.0 Å². The van der Waals surface area contributed by atoms with Gasteiger partial charge < -0.3 is 4.90 Å². The smallest absolute Gasteiger partial charge is 0.254 e. The molecule has 6 nitrogen and oxygen atoms in total. The van der Waals surface area contributed by atoms with Crippen molar-refractivity contribution in [3.63, 3.8) is 0 Å². The van der Waals surface area contributed by atoms with E-state index in [2.05, 4.69) is 31.2 Å². The molecule has 1 aromatic carbocycles. The van der Waals surface area contributed by atoms with Gasteiger partial charge in [-0.1, -0.05) is 15.9 Å². The van der Waals surface area contributed by atoms with Crippen LogP contribution >= 0.6 is 27.5 Å². The number of nitrogens with zero attached hydrogens (tertiary/aromatic N) is 3. The van der Waals surface area contributed by atoms with Gasteiger partial charge in [-0.15, -0.1) is 11.6 Å². The zero-order chi connectivity index (χ0) is 18.5. The normalized spacial score (nSPS) is 23.7. The average molecular weight is 440 g/mol. The van der Waals surface area contributed by atoms with E-state index in [4.69, 9.17) is 11.6 Å². The van der Waals surface area contributed by atoms with Crippen molar-refractivity contribution < 1.29 is 14.0 Å². The number of carbonyl (C=O) groups excluding carboxylic acids is 2. The van der Waals surface area contributed by atoms with Gasteiger partial charge in [-0.3, -0.25) is 14.9 Å². The van der Waals surface area contributed by atoms with E-state index in [0.29, 0.717) is 12.1 Å². The molecule has 1 fully saturated rings. The van der Waals surface area contributed by atoms with E-state index < -0.39 is 11.7 Å². The Hall–Kier alpha value is -2.06. The fourth-order valence-electron chi connectivity index (χ4n) is 3.33. The Morgan fingerprint density at radius 2 is 2.12 bits per heavy atom. The Balaban J connectivity index is 1.54. The number of halogens is 3. The Kier molecular flexibility index (Phi) is 4.19. The van der Waals surface area contributed by atoms with Gasteiger partial charge in [0.2, 0.25) is 11.9 Å². The average Bonchev–Trinajstić information content (AvgIpc) is 3.25. The third-order valence-corrected chi connectivity index (χ3v) is 5.76. The van der Waals surface area contributed by atoms with Crippen molar-refractivity contribution in [1.82, 2.24) is 14.9 Å². The lowest BCUT2D eigenvalue weighted by Crippen LogP contribution is -2.47. The summed E-state index contributed by atoms with van der Waals surface area (Å²) < 4.78 is 13.7. The van der Waals surface area contributed by atoms with Gasteiger partial charge in [0.05, 0.1) is 12.4 Å². The Morgan fingerprint density at radius 1 is 1.42 bits per heavy atom. The molecule has 1 aromatic heterocycles. The van der Waals surface area contributed by atoms with Crippen LogP contribution in [0.3, 0.4) is 0 Å². The maximum absolute atomic E-state index is 12.8. The number of nitrogens with one attached hydrogen (secondary N) is 1. The number of hydrogen-bond donors (Lipinski definition) is 1. The zero-order valence-corrected chi connectivity index (χ0v) is 15.7. The van der Waals surface area contributed by atoms with Gasteiger partial charge in [-0.25, -0.2) is 14.4 Å². The maximum Gasteiger partial charge on any atom is 0.254 e. The van der Waals surface area contributed by atoms with E-state index in [1.807, 2.05) is 6.07 Å². The minimum Gasteiger partial charge on any atom is -0.328 e. The number of fused-ring (bicyclic) bond motifs is 2.